The van der Waals surface area contributed by atoms with Crippen molar-refractivity contribution < 1.29 is 14.0 Å². The molecule has 1 saturated heterocycles. The Bertz CT molecular complexity index is 607. The number of nitrogens with one attached hydrogen (secondary N) is 2. The molecule has 0 unspecified atom stereocenters. The van der Waals surface area contributed by atoms with E-state index in [4.69, 9.17) is 4.42 Å². The molecule has 138 valence electrons. The van der Waals surface area contributed by atoms with Gasteiger partial charge >= 0.3 is 0 Å². The lowest BCUT2D eigenvalue weighted by molar-refractivity contribution is -0.123. The Kier molecular flexibility index (Phi) is 5.78. The summed E-state index contributed by atoms with van der Waals surface area (Å²) >= 11 is 0. The van der Waals surface area contributed by atoms with Crippen molar-refractivity contribution in [2.75, 3.05) is 19.6 Å². The molecule has 2 amide bonds. The minimum Gasteiger partial charge on any atom is -0.466 e. The second-order valence-corrected chi connectivity index (χ2v) is 7.46. The van der Waals surface area contributed by atoms with E-state index in [1.54, 1.807) is 0 Å². The summed E-state index contributed by atoms with van der Waals surface area (Å²) in [5.41, 5.74) is 0. The molecule has 2 fully saturated rings. The van der Waals surface area contributed by atoms with Crippen LogP contribution in [0.2, 0.25) is 0 Å². The van der Waals surface area contributed by atoms with E-state index in [-0.39, 0.29) is 23.8 Å². The van der Waals surface area contributed by atoms with Crippen molar-refractivity contribution >= 4 is 11.8 Å². The van der Waals surface area contributed by atoms with Crippen LogP contribution in [-0.4, -0.2) is 48.4 Å². The molecule has 1 aromatic heterocycles. The molecule has 1 aromatic rings. The summed E-state index contributed by atoms with van der Waals surface area (Å²) in [6.45, 7) is 5.21. The molecule has 25 heavy (non-hydrogen) atoms. The van der Waals surface area contributed by atoms with Gasteiger partial charge in [-0.15, -0.1) is 0 Å². The summed E-state index contributed by atoms with van der Waals surface area (Å²) in [7, 11) is 0. The van der Waals surface area contributed by atoms with Gasteiger partial charge < -0.3 is 15.1 Å². The molecule has 0 radical (unpaired) electrons. The van der Waals surface area contributed by atoms with Crippen LogP contribution < -0.4 is 10.6 Å². The van der Waals surface area contributed by atoms with Crippen molar-refractivity contribution in [1.82, 2.24) is 15.5 Å². The molecular weight excluding hydrogens is 318 g/mol. The van der Waals surface area contributed by atoms with Crippen molar-refractivity contribution in [2.45, 2.75) is 64.0 Å². The number of furan rings is 1. The molecule has 0 spiro atoms. The second-order valence-electron chi connectivity index (χ2n) is 7.46. The number of likely N-dealkylation sites (tertiary alicyclic amines) is 1. The molecule has 0 aromatic carbocycles. The molecule has 0 bridgehead atoms. The normalized spacial score (nSPS) is 25.0. The van der Waals surface area contributed by atoms with E-state index in [0.29, 0.717) is 19.1 Å². The lowest BCUT2D eigenvalue weighted by atomic mass is 9.95. The van der Waals surface area contributed by atoms with Crippen molar-refractivity contribution in [3.05, 3.63) is 23.7 Å². The summed E-state index contributed by atoms with van der Waals surface area (Å²) in [6.07, 6.45) is 5.88. The SMILES string of the molecule is CC(=O)N[C@H]1CN(CC(=O)NC2CCCCC2)C[C@@H]1c1ccc(C)o1. The molecule has 2 atom stereocenters. The topological polar surface area (TPSA) is 74.6 Å². The van der Waals surface area contributed by atoms with Gasteiger partial charge in [-0.25, -0.2) is 0 Å². The van der Waals surface area contributed by atoms with E-state index >= 15 is 0 Å². The van der Waals surface area contributed by atoms with Gasteiger partial charge in [-0.3, -0.25) is 14.5 Å². The third-order valence-corrected chi connectivity index (χ3v) is 5.25. The fraction of sp³-hybridized carbons (Fsp3) is 0.684. The number of carbonyl (C=O) groups is 2. The van der Waals surface area contributed by atoms with Gasteiger partial charge in [0, 0.05) is 26.1 Å². The number of nitrogens with zero attached hydrogens (tertiary/aromatic N) is 1. The average molecular weight is 347 g/mol. The van der Waals surface area contributed by atoms with Crippen molar-refractivity contribution in [2.24, 2.45) is 0 Å². The zero-order valence-corrected chi connectivity index (χ0v) is 15.2. The van der Waals surface area contributed by atoms with E-state index in [0.717, 1.165) is 30.9 Å². The first kappa shape index (κ1) is 18.0. The van der Waals surface area contributed by atoms with Gasteiger partial charge in [0.2, 0.25) is 11.8 Å². The van der Waals surface area contributed by atoms with Gasteiger partial charge in [0.1, 0.15) is 11.5 Å². The summed E-state index contributed by atoms with van der Waals surface area (Å²) < 4.78 is 5.78. The first-order valence-corrected chi connectivity index (χ1v) is 9.36. The highest BCUT2D eigenvalue weighted by molar-refractivity contribution is 5.78. The van der Waals surface area contributed by atoms with Crippen LogP contribution in [0.3, 0.4) is 0 Å². The number of amides is 2. The van der Waals surface area contributed by atoms with Gasteiger partial charge in [0.15, 0.2) is 0 Å². The molecule has 2 N–H and O–H groups in total. The predicted molar refractivity (Wildman–Crippen MR) is 95.2 cm³/mol. The Morgan fingerprint density at radius 2 is 1.92 bits per heavy atom. The summed E-state index contributed by atoms with van der Waals surface area (Å²) in [5.74, 6) is 1.87. The highest BCUT2D eigenvalue weighted by Gasteiger charge is 2.37. The van der Waals surface area contributed by atoms with Crippen LogP contribution in [0.15, 0.2) is 16.5 Å². The van der Waals surface area contributed by atoms with Crippen LogP contribution >= 0.6 is 0 Å². The molecule has 2 heterocycles. The zero-order chi connectivity index (χ0) is 17.8. The van der Waals surface area contributed by atoms with Gasteiger partial charge in [-0.1, -0.05) is 19.3 Å². The number of hydrogen-bond acceptors (Lipinski definition) is 4. The third-order valence-electron chi connectivity index (χ3n) is 5.25. The minimum absolute atomic E-state index is 0.0227. The Morgan fingerprint density at radius 3 is 2.56 bits per heavy atom. The van der Waals surface area contributed by atoms with E-state index in [2.05, 4.69) is 15.5 Å². The largest absolute Gasteiger partial charge is 0.466 e. The monoisotopic (exact) mass is 347 g/mol. The van der Waals surface area contributed by atoms with E-state index in [9.17, 15) is 9.59 Å². The fourth-order valence-electron chi connectivity index (χ4n) is 4.09. The lowest BCUT2D eigenvalue weighted by Crippen LogP contribution is -2.43. The fourth-order valence-corrected chi connectivity index (χ4v) is 4.09. The number of rotatable bonds is 5. The maximum atomic E-state index is 12.4. The smallest absolute Gasteiger partial charge is 0.234 e. The van der Waals surface area contributed by atoms with Crippen LogP contribution in [0, 0.1) is 6.92 Å². The van der Waals surface area contributed by atoms with Crippen LogP contribution in [0.25, 0.3) is 0 Å². The molecule has 6 heteroatoms. The molecule has 1 aliphatic carbocycles. The maximum Gasteiger partial charge on any atom is 0.234 e. The van der Waals surface area contributed by atoms with E-state index in [1.165, 1.54) is 26.2 Å². The van der Waals surface area contributed by atoms with Crippen LogP contribution in [0.1, 0.15) is 56.5 Å². The van der Waals surface area contributed by atoms with Crippen molar-refractivity contribution in [3.8, 4) is 0 Å². The molecule has 1 saturated carbocycles. The van der Waals surface area contributed by atoms with Crippen LogP contribution in [-0.2, 0) is 9.59 Å². The quantitative estimate of drug-likeness (QED) is 0.854. The van der Waals surface area contributed by atoms with E-state index < -0.39 is 0 Å². The number of aryl methyl sites for hydroxylation is 1. The van der Waals surface area contributed by atoms with Gasteiger partial charge in [-0.05, 0) is 31.9 Å². The average Bonchev–Trinajstić information content (AvgIpc) is 3.14. The van der Waals surface area contributed by atoms with Crippen LogP contribution in [0.4, 0.5) is 0 Å². The third kappa shape index (κ3) is 4.84. The Balaban J connectivity index is 1.58. The summed E-state index contributed by atoms with van der Waals surface area (Å²) in [6, 6.07) is 4.22. The van der Waals surface area contributed by atoms with Crippen molar-refractivity contribution in [3.63, 3.8) is 0 Å². The molecular formula is C19H29N3O3. The summed E-state index contributed by atoms with van der Waals surface area (Å²) in [5, 5.41) is 6.18. The molecule has 1 aliphatic heterocycles. The highest BCUT2D eigenvalue weighted by atomic mass is 16.3. The Hall–Kier alpha value is -1.82. The standard InChI is InChI=1S/C19H29N3O3/c1-13-8-9-18(25-13)16-10-22(11-17(16)20-14(2)23)12-19(24)21-15-6-4-3-5-7-15/h8-9,15-17H,3-7,10-12H2,1-2H3,(H,20,23)(H,21,24)/t16-,17-/m0/s1. The number of hydrogen-bond donors (Lipinski definition) is 2. The van der Waals surface area contributed by atoms with Gasteiger partial charge in [0.05, 0.1) is 18.5 Å². The molecule has 2 aliphatic rings. The predicted octanol–water partition coefficient (Wildman–Crippen LogP) is 1.94. The van der Waals surface area contributed by atoms with Crippen molar-refractivity contribution in [1.29, 1.82) is 0 Å². The minimum atomic E-state index is -0.0493. The molecule has 3 rings (SSSR count). The van der Waals surface area contributed by atoms with Gasteiger partial charge in [0.25, 0.3) is 0 Å². The zero-order valence-electron chi connectivity index (χ0n) is 15.2. The molecule has 6 nitrogen and oxygen atoms in total. The second kappa shape index (κ2) is 8.04. The lowest BCUT2D eigenvalue weighted by Gasteiger charge is -2.24. The van der Waals surface area contributed by atoms with Crippen LogP contribution in [0.5, 0.6) is 0 Å². The highest BCUT2D eigenvalue weighted by Crippen LogP contribution is 2.29. The Morgan fingerprint density at radius 1 is 1.16 bits per heavy atom. The first-order valence-electron chi connectivity index (χ1n) is 9.36. The summed E-state index contributed by atoms with van der Waals surface area (Å²) in [4.78, 5) is 26.0. The first-order chi connectivity index (χ1) is 12.0. The number of carbonyl (C=O) groups excluding carboxylic acids is 2. The Labute approximate surface area is 149 Å². The van der Waals surface area contributed by atoms with E-state index in [1.807, 2.05) is 19.1 Å². The maximum absolute atomic E-state index is 12.4. The van der Waals surface area contributed by atoms with Gasteiger partial charge in [-0.2, -0.15) is 0 Å².